The minimum Gasteiger partial charge on any atom is -0.444 e. The molecule has 3 heterocycles. The first kappa shape index (κ1) is 17.6. The molecule has 0 radical (unpaired) electrons. The summed E-state index contributed by atoms with van der Waals surface area (Å²) < 4.78 is 11.1. The van der Waals surface area contributed by atoms with E-state index in [0.29, 0.717) is 18.8 Å². The number of ether oxygens (including phenoxy) is 2. The molecule has 25 heavy (non-hydrogen) atoms. The third-order valence-corrected chi connectivity index (χ3v) is 4.57. The fourth-order valence-electron chi connectivity index (χ4n) is 3.68. The summed E-state index contributed by atoms with van der Waals surface area (Å²) in [4.78, 5) is 18.3. The molecule has 2 aliphatic heterocycles. The Hall–Kier alpha value is -2.17. The van der Waals surface area contributed by atoms with Gasteiger partial charge in [-0.05, 0) is 26.8 Å². The SMILES string of the molecule is CC(C)(C)OC(=O)N1C2COCC1CC(O)(c1cccnc1C#N)C2. The summed E-state index contributed by atoms with van der Waals surface area (Å²) in [5, 5.41) is 20.6. The summed E-state index contributed by atoms with van der Waals surface area (Å²) in [5.74, 6) is 0. The average molecular weight is 345 g/mol. The molecule has 1 amide bonds. The van der Waals surface area contributed by atoms with Crippen molar-refractivity contribution in [3.8, 4) is 6.07 Å². The van der Waals surface area contributed by atoms with Crippen LogP contribution in [0.25, 0.3) is 0 Å². The van der Waals surface area contributed by atoms with Crippen LogP contribution in [0.1, 0.15) is 44.9 Å². The van der Waals surface area contributed by atoms with Gasteiger partial charge in [0.15, 0.2) is 0 Å². The van der Waals surface area contributed by atoms with Crippen molar-refractivity contribution in [3.63, 3.8) is 0 Å². The molecule has 2 bridgehead atoms. The Morgan fingerprint density at radius 1 is 1.44 bits per heavy atom. The molecule has 0 aromatic carbocycles. The van der Waals surface area contributed by atoms with Crippen LogP contribution in [0.15, 0.2) is 18.3 Å². The minimum atomic E-state index is -1.21. The number of aromatic nitrogens is 1. The third kappa shape index (κ3) is 3.46. The predicted molar refractivity (Wildman–Crippen MR) is 88.6 cm³/mol. The Labute approximate surface area is 147 Å². The number of carbonyl (C=O) groups excluding carboxylic acids is 1. The van der Waals surface area contributed by atoms with E-state index in [2.05, 4.69) is 4.98 Å². The number of hydrogen-bond donors (Lipinski definition) is 1. The summed E-state index contributed by atoms with van der Waals surface area (Å²) in [6.07, 6.45) is 1.71. The van der Waals surface area contributed by atoms with Crippen LogP contribution in [0.5, 0.6) is 0 Å². The maximum absolute atomic E-state index is 12.6. The van der Waals surface area contributed by atoms with Crippen LogP contribution >= 0.6 is 0 Å². The average Bonchev–Trinajstić information content (AvgIpc) is 2.52. The highest BCUT2D eigenvalue weighted by atomic mass is 16.6. The zero-order valence-electron chi connectivity index (χ0n) is 14.7. The molecule has 7 heteroatoms. The fraction of sp³-hybridized carbons (Fsp3) is 0.611. The van der Waals surface area contributed by atoms with Gasteiger partial charge in [0.25, 0.3) is 0 Å². The van der Waals surface area contributed by atoms with E-state index >= 15 is 0 Å². The van der Waals surface area contributed by atoms with E-state index in [4.69, 9.17) is 9.47 Å². The lowest BCUT2D eigenvalue weighted by molar-refractivity contribution is -0.141. The summed E-state index contributed by atoms with van der Waals surface area (Å²) in [7, 11) is 0. The molecule has 1 aromatic rings. The first-order chi connectivity index (χ1) is 11.7. The molecule has 0 aliphatic carbocycles. The Balaban J connectivity index is 1.89. The number of nitrogens with zero attached hydrogens (tertiary/aromatic N) is 3. The molecule has 3 rings (SSSR count). The summed E-state index contributed by atoms with van der Waals surface area (Å²) >= 11 is 0. The summed E-state index contributed by atoms with van der Waals surface area (Å²) in [5.41, 5.74) is -1.07. The van der Waals surface area contributed by atoms with Gasteiger partial charge in [0.05, 0.1) is 30.9 Å². The molecule has 2 unspecified atom stereocenters. The number of aliphatic hydroxyl groups is 1. The first-order valence-corrected chi connectivity index (χ1v) is 8.40. The van der Waals surface area contributed by atoms with Crippen LogP contribution in [-0.4, -0.2) is 52.0 Å². The predicted octanol–water partition coefficient (Wildman–Crippen LogP) is 1.94. The molecule has 2 aliphatic rings. The number of amides is 1. The number of pyridine rings is 1. The highest BCUT2D eigenvalue weighted by Gasteiger charge is 2.50. The number of nitriles is 1. The lowest BCUT2D eigenvalue weighted by Crippen LogP contribution is -2.63. The van der Waals surface area contributed by atoms with Crippen molar-refractivity contribution >= 4 is 6.09 Å². The van der Waals surface area contributed by atoms with Crippen molar-refractivity contribution in [2.45, 2.75) is 56.9 Å². The van der Waals surface area contributed by atoms with Crippen LogP contribution in [0, 0.1) is 11.3 Å². The fourth-order valence-corrected chi connectivity index (χ4v) is 3.68. The van der Waals surface area contributed by atoms with Crippen molar-refractivity contribution in [1.82, 2.24) is 9.88 Å². The molecule has 1 aromatic heterocycles. The van der Waals surface area contributed by atoms with Gasteiger partial charge in [-0.3, -0.25) is 4.90 Å². The van der Waals surface area contributed by atoms with E-state index in [1.807, 2.05) is 26.8 Å². The second-order valence-electron chi connectivity index (χ2n) is 7.68. The molecular formula is C18H23N3O4. The molecule has 0 saturated carbocycles. The normalized spacial score (nSPS) is 29.0. The van der Waals surface area contributed by atoms with E-state index < -0.39 is 11.2 Å². The van der Waals surface area contributed by atoms with Crippen molar-refractivity contribution in [2.75, 3.05) is 13.2 Å². The summed E-state index contributed by atoms with van der Waals surface area (Å²) in [6.45, 7) is 6.14. The lowest BCUT2D eigenvalue weighted by Gasteiger charge is -2.51. The van der Waals surface area contributed by atoms with Gasteiger partial charge in [-0.25, -0.2) is 9.78 Å². The standard InChI is InChI=1S/C18H23N3O4/c1-17(2,3)25-16(22)21-12-7-18(23,8-13(21)11-24-10-12)14-5-4-6-20-15(14)9-19/h4-6,12-13,23H,7-8,10-11H2,1-3H3. The van der Waals surface area contributed by atoms with Crippen LogP contribution in [0.3, 0.4) is 0 Å². The second-order valence-corrected chi connectivity index (χ2v) is 7.68. The summed E-state index contributed by atoms with van der Waals surface area (Å²) in [6, 6.07) is 4.86. The van der Waals surface area contributed by atoms with Gasteiger partial charge in [0.2, 0.25) is 0 Å². The maximum atomic E-state index is 12.6. The van der Waals surface area contributed by atoms with Gasteiger partial charge in [-0.15, -0.1) is 0 Å². The maximum Gasteiger partial charge on any atom is 0.410 e. The zero-order chi connectivity index (χ0) is 18.2. The van der Waals surface area contributed by atoms with Gasteiger partial charge in [-0.2, -0.15) is 5.26 Å². The first-order valence-electron chi connectivity index (χ1n) is 8.40. The van der Waals surface area contributed by atoms with Gasteiger partial charge < -0.3 is 14.6 Å². The Morgan fingerprint density at radius 3 is 2.64 bits per heavy atom. The van der Waals surface area contributed by atoms with E-state index in [0.717, 1.165) is 0 Å². The van der Waals surface area contributed by atoms with Crippen molar-refractivity contribution in [2.24, 2.45) is 0 Å². The number of morpholine rings is 1. The monoisotopic (exact) mass is 345 g/mol. The van der Waals surface area contributed by atoms with Gasteiger partial charge >= 0.3 is 6.09 Å². The second kappa shape index (κ2) is 6.28. The number of piperidine rings is 1. The minimum absolute atomic E-state index is 0.217. The molecule has 1 N–H and O–H groups in total. The topological polar surface area (TPSA) is 95.7 Å². The quantitative estimate of drug-likeness (QED) is 0.836. The third-order valence-electron chi connectivity index (χ3n) is 4.57. The molecule has 134 valence electrons. The van der Waals surface area contributed by atoms with E-state index in [1.54, 1.807) is 17.0 Å². The lowest BCUT2D eigenvalue weighted by atomic mass is 9.76. The molecule has 2 atom stereocenters. The smallest absolute Gasteiger partial charge is 0.410 e. The van der Waals surface area contributed by atoms with Crippen LogP contribution in [0.2, 0.25) is 0 Å². The van der Waals surface area contributed by atoms with Crippen molar-refractivity contribution in [3.05, 3.63) is 29.6 Å². The number of hydrogen-bond acceptors (Lipinski definition) is 6. The van der Waals surface area contributed by atoms with E-state index in [1.165, 1.54) is 6.20 Å². The largest absolute Gasteiger partial charge is 0.444 e. The molecule has 7 nitrogen and oxygen atoms in total. The number of rotatable bonds is 1. The van der Waals surface area contributed by atoms with Crippen LogP contribution in [-0.2, 0) is 15.1 Å². The Morgan fingerprint density at radius 2 is 2.08 bits per heavy atom. The van der Waals surface area contributed by atoms with Gasteiger partial charge in [0, 0.05) is 24.6 Å². The number of carbonyl (C=O) groups is 1. The Kier molecular flexibility index (Phi) is 4.43. The van der Waals surface area contributed by atoms with Crippen LogP contribution < -0.4 is 0 Å². The van der Waals surface area contributed by atoms with Crippen molar-refractivity contribution < 1.29 is 19.4 Å². The van der Waals surface area contributed by atoms with Gasteiger partial charge in [-0.1, -0.05) is 6.07 Å². The molecule has 0 spiro atoms. The molecular weight excluding hydrogens is 322 g/mol. The number of fused-ring (bicyclic) bond motifs is 2. The van der Waals surface area contributed by atoms with Crippen LogP contribution in [0.4, 0.5) is 4.79 Å². The molecule has 2 saturated heterocycles. The zero-order valence-corrected chi connectivity index (χ0v) is 14.7. The highest BCUT2D eigenvalue weighted by Crippen LogP contribution is 2.42. The van der Waals surface area contributed by atoms with E-state index in [-0.39, 0.29) is 36.7 Å². The highest BCUT2D eigenvalue weighted by molar-refractivity contribution is 5.69. The molecule has 2 fully saturated rings. The van der Waals surface area contributed by atoms with Gasteiger partial charge in [0.1, 0.15) is 17.4 Å². The Bertz CT molecular complexity index is 693. The van der Waals surface area contributed by atoms with Crippen molar-refractivity contribution in [1.29, 1.82) is 5.26 Å². The van der Waals surface area contributed by atoms with E-state index in [9.17, 15) is 15.2 Å².